The molecule has 0 saturated carbocycles. The molecule has 0 unspecified atom stereocenters. The fraction of sp³-hybridized carbons (Fsp3) is 0.163. The van der Waals surface area contributed by atoms with Gasteiger partial charge in [-0.2, -0.15) is 13.5 Å². The van der Waals surface area contributed by atoms with E-state index >= 15 is 0 Å². The van der Waals surface area contributed by atoms with Crippen molar-refractivity contribution in [1.82, 2.24) is 29.3 Å². The fourth-order valence-corrected chi connectivity index (χ4v) is 8.27. The third kappa shape index (κ3) is 10.1. The van der Waals surface area contributed by atoms with Crippen molar-refractivity contribution in [3.8, 4) is 46.0 Å². The standard InChI is InChI=1S/C22H21FN4O5S.C21H19FN4O5S/c1-4-27-13-15(12-25-27)33(28,29)26-18-6-5-14(9-17(18)23)32-20-7-8-24-19-11-22(31-3)21(30-2)10-16(19)20;1-26-11-21(24-12-26)32(27,28)25-16-5-4-13(8-15(16)22)31-18-6-7-23-17-10-20(30-3)19(29-2)9-14(17)18/h5-13,26H,4H2,1-3H3;4-12,25H,1-3H3. The van der Waals surface area contributed by atoms with Crippen molar-refractivity contribution in [3.05, 3.63) is 122 Å². The van der Waals surface area contributed by atoms with Crippen LogP contribution in [0.1, 0.15) is 6.92 Å². The minimum absolute atomic E-state index is 0.0586. The summed E-state index contributed by atoms with van der Waals surface area (Å²) >= 11 is 0. The maximum atomic E-state index is 14.7. The van der Waals surface area contributed by atoms with Gasteiger partial charge in [-0.1, -0.05) is 0 Å². The fourth-order valence-electron chi connectivity index (χ4n) is 6.20. The first kappa shape index (κ1) is 45.3. The van der Waals surface area contributed by atoms with Gasteiger partial charge >= 0.3 is 0 Å². The molecule has 2 N–H and O–H groups in total. The Morgan fingerprint density at radius 1 is 0.600 bits per heavy atom. The van der Waals surface area contributed by atoms with Crippen molar-refractivity contribution in [2.45, 2.75) is 23.4 Å². The van der Waals surface area contributed by atoms with Gasteiger partial charge in [0.1, 0.15) is 27.9 Å². The minimum atomic E-state index is -4.03. The van der Waals surface area contributed by atoms with Crippen LogP contribution in [0.25, 0.3) is 21.8 Å². The number of rotatable bonds is 15. The van der Waals surface area contributed by atoms with E-state index in [1.54, 1.807) is 55.8 Å². The Morgan fingerprint density at radius 2 is 1.08 bits per heavy atom. The first-order chi connectivity index (χ1) is 31.1. The van der Waals surface area contributed by atoms with Crippen LogP contribution in [-0.4, -0.2) is 74.6 Å². The molecule has 0 saturated heterocycles. The number of hydrogen-bond donors (Lipinski definition) is 2. The Balaban J connectivity index is 0.000000194. The first-order valence-corrected chi connectivity index (χ1v) is 22.1. The molecule has 8 aromatic rings. The number of benzene rings is 4. The number of aromatic nitrogens is 6. The summed E-state index contributed by atoms with van der Waals surface area (Å²) in [5.41, 5.74) is 0.759. The van der Waals surface area contributed by atoms with E-state index in [9.17, 15) is 25.6 Å². The number of nitrogens with one attached hydrogen (secondary N) is 2. The van der Waals surface area contributed by atoms with Gasteiger partial charge in [0.15, 0.2) is 39.7 Å². The van der Waals surface area contributed by atoms with Gasteiger partial charge in [-0.25, -0.2) is 22.2 Å². The molecular formula is C43H40F2N8O10S2. The van der Waals surface area contributed by atoms with Crippen molar-refractivity contribution in [1.29, 1.82) is 0 Å². The van der Waals surface area contributed by atoms with E-state index in [-0.39, 0.29) is 32.8 Å². The van der Waals surface area contributed by atoms with E-state index < -0.39 is 31.7 Å². The predicted octanol–water partition coefficient (Wildman–Crippen LogP) is 7.92. The number of fused-ring (bicyclic) bond motifs is 2. The molecule has 4 heterocycles. The van der Waals surface area contributed by atoms with Crippen LogP contribution >= 0.6 is 0 Å². The average molecular weight is 931 g/mol. The van der Waals surface area contributed by atoms with Gasteiger partial charge in [-0.3, -0.25) is 24.1 Å². The zero-order valence-electron chi connectivity index (χ0n) is 35.4. The summed E-state index contributed by atoms with van der Waals surface area (Å²) in [5.74, 6) is 1.59. The van der Waals surface area contributed by atoms with Crippen LogP contribution in [0.15, 0.2) is 120 Å². The van der Waals surface area contributed by atoms with Crippen LogP contribution < -0.4 is 37.9 Å². The summed E-state index contributed by atoms with van der Waals surface area (Å²) < 4.78 is 120. The maximum Gasteiger partial charge on any atom is 0.281 e. The second kappa shape index (κ2) is 18.9. The Morgan fingerprint density at radius 3 is 1.49 bits per heavy atom. The highest BCUT2D eigenvalue weighted by atomic mass is 32.2. The highest BCUT2D eigenvalue weighted by Gasteiger charge is 2.21. The van der Waals surface area contributed by atoms with Crippen LogP contribution in [0, 0.1) is 11.6 Å². The molecule has 0 aliphatic rings. The average Bonchev–Trinajstić information content (AvgIpc) is 3.98. The molecule has 0 aliphatic heterocycles. The van der Waals surface area contributed by atoms with Crippen molar-refractivity contribution >= 4 is 53.2 Å². The largest absolute Gasteiger partial charge is 0.493 e. The topological polar surface area (TPSA) is 209 Å². The van der Waals surface area contributed by atoms with Crippen LogP contribution in [0.5, 0.6) is 46.0 Å². The summed E-state index contributed by atoms with van der Waals surface area (Å²) in [4.78, 5) is 12.3. The van der Waals surface area contributed by atoms with E-state index in [0.717, 1.165) is 12.1 Å². The lowest BCUT2D eigenvalue weighted by Gasteiger charge is -2.13. The Bertz CT molecular complexity index is 3260. The van der Waals surface area contributed by atoms with Gasteiger partial charge < -0.3 is 33.0 Å². The zero-order chi connectivity index (χ0) is 46.5. The van der Waals surface area contributed by atoms with Crippen molar-refractivity contribution < 1.29 is 54.0 Å². The minimum Gasteiger partial charge on any atom is -0.493 e. The molecule has 0 spiro atoms. The number of methoxy groups -OCH3 is 4. The molecule has 0 radical (unpaired) electrons. The lowest BCUT2D eigenvalue weighted by molar-refractivity contribution is 0.355. The van der Waals surface area contributed by atoms with Gasteiger partial charge in [0, 0.05) is 73.4 Å². The number of hydrogen-bond acceptors (Lipinski definition) is 14. The molecule has 8 rings (SSSR count). The summed E-state index contributed by atoms with van der Waals surface area (Å²) in [6, 6.07) is 17.8. The number of pyridine rings is 2. The van der Waals surface area contributed by atoms with Crippen LogP contribution in [-0.2, 0) is 33.6 Å². The quantitative estimate of drug-likeness (QED) is 0.100. The van der Waals surface area contributed by atoms with Gasteiger partial charge in [0.05, 0.1) is 63.4 Å². The van der Waals surface area contributed by atoms with Crippen LogP contribution in [0.4, 0.5) is 20.2 Å². The highest BCUT2D eigenvalue weighted by molar-refractivity contribution is 7.93. The predicted molar refractivity (Wildman–Crippen MR) is 235 cm³/mol. The molecule has 0 fully saturated rings. The smallest absolute Gasteiger partial charge is 0.281 e. The highest BCUT2D eigenvalue weighted by Crippen LogP contribution is 2.39. The Labute approximate surface area is 371 Å². The molecule has 18 nitrogen and oxygen atoms in total. The number of anilines is 2. The number of halogens is 2. The maximum absolute atomic E-state index is 14.7. The van der Waals surface area contributed by atoms with Crippen LogP contribution in [0.2, 0.25) is 0 Å². The second-order valence-electron chi connectivity index (χ2n) is 13.7. The molecule has 0 bridgehead atoms. The summed E-state index contributed by atoms with van der Waals surface area (Å²) in [6.45, 7) is 2.34. The van der Waals surface area contributed by atoms with Gasteiger partial charge in [0.2, 0.25) is 0 Å². The number of sulfonamides is 2. The van der Waals surface area contributed by atoms with E-state index in [0.29, 0.717) is 62.8 Å². The molecule has 0 amide bonds. The molecule has 0 atom stereocenters. The van der Waals surface area contributed by atoms with E-state index in [1.807, 2.05) is 6.92 Å². The summed E-state index contributed by atoms with van der Waals surface area (Å²) in [6.07, 6.45) is 8.34. The monoisotopic (exact) mass is 930 g/mol. The Hall–Kier alpha value is -7.72. The van der Waals surface area contributed by atoms with Gasteiger partial charge in [-0.15, -0.1) is 0 Å². The number of aryl methyl sites for hydroxylation is 2. The SMILES string of the molecule is CCn1cc(S(=O)(=O)Nc2ccc(Oc3ccnc4cc(OC)c(OC)cc34)cc2F)cn1.COc1cc2nccc(Oc3ccc(NS(=O)(=O)c4cn(C)cn4)c(F)c3)c2cc1OC. The third-order valence-electron chi connectivity index (χ3n) is 9.44. The normalized spacial score (nSPS) is 11.4. The van der Waals surface area contributed by atoms with E-state index in [4.69, 9.17) is 28.4 Å². The number of ether oxygens (including phenoxy) is 6. The molecule has 22 heteroatoms. The van der Waals surface area contributed by atoms with Gasteiger partial charge in [0.25, 0.3) is 20.0 Å². The third-order valence-corrected chi connectivity index (χ3v) is 12.0. The van der Waals surface area contributed by atoms with Crippen molar-refractivity contribution in [2.75, 3.05) is 37.9 Å². The molecular weight excluding hydrogens is 891 g/mol. The zero-order valence-corrected chi connectivity index (χ0v) is 37.1. The first-order valence-electron chi connectivity index (χ1n) is 19.2. The number of imidazole rings is 1. The molecule has 4 aromatic heterocycles. The molecule has 338 valence electrons. The Kier molecular flexibility index (Phi) is 13.2. The van der Waals surface area contributed by atoms with Gasteiger partial charge in [-0.05, 0) is 55.5 Å². The molecule has 4 aromatic carbocycles. The van der Waals surface area contributed by atoms with Crippen LogP contribution in [0.3, 0.4) is 0 Å². The summed E-state index contributed by atoms with van der Waals surface area (Å²) in [5, 5.41) is 4.98. The van der Waals surface area contributed by atoms with Crippen molar-refractivity contribution in [3.63, 3.8) is 0 Å². The summed E-state index contributed by atoms with van der Waals surface area (Å²) in [7, 11) is -0.301. The number of nitrogens with zero attached hydrogens (tertiary/aromatic N) is 6. The second-order valence-corrected chi connectivity index (χ2v) is 17.0. The molecule has 65 heavy (non-hydrogen) atoms. The van der Waals surface area contributed by atoms with E-state index in [1.165, 1.54) is 86.9 Å². The lowest BCUT2D eigenvalue weighted by atomic mass is 10.2. The molecule has 0 aliphatic carbocycles. The van der Waals surface area contributed by atoms with E-state index in [2.05, 4.69) is 29.5 Å². The lowest BCUT2D eigenvalue weighted by Crippen LogP contribution is -2.14. The van der Waals surface area contributed by atoms with Crippen molar-refractivity contribution in [2.24, 2.45) is 7.05 Å².